The number of aryl methyl sites for hydroxylation is 2. The monoisotopic (exact) mass is 277 g/mol. The number of rotatable bonds is 3. The fourth-order valence-corrected chi connectivity index (χ4v) is 2.60. The number of nitrogens with two attached hydrogens (primary N) is 1. The molecule has 0 radical (unpaired) electrons. The lowest BCUT2D eigenvalue weighted by atomic mass is 10.2. The Morgan fingerprint density at radius 3 is 2.37 bits per heavy atom. The molecule has 0 bridgehead atoms. The number of hydrogen-bond donors (Lipinski definition) is 1. The predicted octanol–water partition coefficient (Wildman–Crippen LogP) is 3.42. The summed E-state index contributed by atoms with van der Waals surface area (Å²) in [5.74, 6) is 0.318. The van der Waals surface area contributed by atoms with Crippen molar-refractivity contribution in [1.29, 1.82) is 0 Å². The second-order valence-electron chi connectivity index (χ2n) is 4.43. The molecule has 1 aromatic heterocycles. The van der Waals surface area contributed by atoms with Crippen LogP contribution >= 0.6 is 11.8 Å². The minimum Gasteiger partial charge on any atom is -0.398 e. The number of nitrogens with zero attached hydrogens (tertiary/aromatic N) is 2. The standard InChI is InChI=1S/C14H16FN3S/c1-8-9(2)17-14(18-10(8)3)19-7-11-4-5-12(15)6-13(11)16/h4-6H,7,16H2,1-3H3. The number of thioether (sulfide) groups is 1. The molecule has 0 unspecified atom stereocenters. The van der Waals surface area contributed by atoms with Crippen LogP contribution in [0.1, 0.15) is 22.5 Å². The Labute approximate surface area is 116 Å². The summed E-state index contributed by atoms with van der Waals surface area (Å²) < 4.78 is 12.9. The third-order valence-electron chi connectivity index (χ3n) is 3.08. The highest BCUT2D eigenvalue weighted by atomic mass is 32.2. The molecule has 2 rings (SSSR count). The topological polar surface area (TPSA) is 51.8 Å². The molecule has 0 fully saturated rings. The van der Waals surface area contributed by atoms with Gasteiger partial charge in [0.05, 0.1) is 0 Å². The number of halogens is 1. The smallest absolute Gasteiger partial charge is 0.188 e. The summed E-state index contributed by atoms with van der Waals surface area (Å²) in [5.41, 5.74) is 10.2. The van der Waals surface area contributed by atoms with Gasteiger partial charge in [-0.25, -0.2) is 14.4 Å². The first kappa shape index (κ1) is 13.8. The van der Waals surface area contributed by atoms with Crippen molar-refractivity contribution in [3.05, 3.63) is 46.5 Å². The Bertz CT molecular complexity index is 591. The van der Waals surface area contributed by atoms with Gasteiger partial charge in [-0.2, -0.15) is 0 Å². The van der Waals surface area contributed by atoms with Crippen LogP contribution in [0.2, 0.25) is 0 Å². The van der Waals surface area contributed by atoms with Crippen molar-refractivity contribution >= 4 is 17.4 Å². The van der Waals surface area contributed by atoms with E-state index in [1.807, 2.05) is 20.8 Å². The van der Waals surface area contributed by atoms with Crippen LogP contribution in [0.4, 0.5) is 10.1 Å². The van der Waals surface area contributed by atoms with E-state index in [0.717, 1.165) is 27.7 Å². The van der Waals surface area contributed by atoms with Crippen molar-refractivity contribution in [3.63, 3.8) is 0 Å². The fraction of sp³-hybridized carbons (Fsp3) is 0.286. The van der Waals surface area contributed by atoms with Crippen molar-refractivity contribution in [3.8, 4) is 0 Å². The lowest BCUT2D eigenvalue weighted by Crippen LogP contribution is -1.99. The van der Waals surface area contributed by atoms with Gasteiger partial charge in [-0.3, -0.25) is 0 Å². The number of nitrogen functional groups attached to an aromatic ring is 1. The Morgan fingerprint density at radius 1 is 1.16 bits per heavy atom. The molecular weight excluding hydrogens is 261 g/mol. The maximum atomic E-state index is 12.9. The third-order valence-corrected chi connectivity index (χ3v) is 3.97. The minimum atomic E-state index is -0.315. The summed E-state index contributed by atoms with van der Waals surface area (Å²) in [6.45, 7) is 5.96. The van der Waals surface area contributed by atoms with Crippen molar-refractivity contribution in [1.82, 2.24) is 9.97 Å². The summed E-state index contributed by atoms with van der Waals surface area (Å²) in [4.78, 5) is 8.87. The number of hydrogen-bond acceptors (Lipinski definition) is 4. The van der Waals surface area contributed by atoms with Gasteiger partial charge >= 0.3 is 0 Å². The molecular formula is C14H16FN3S. The molecule has 2 N–H and O–H groups in total. The molecule has 1 aromatic carbocycles. The molecule has 0 aliphatic heterocycles. The van der Waals surface area contributed by atoms with Gasteiger partial charge in [0.25, 0.3) is 0 Å². The number of anilines is 1. The Balaban J connectivity index is 2.14. The molecule has 100 valence electrons. The largest absolute Gasteiger partial charge is 0.398 e. The number of benzene rings is 1. The molecule has 0 aliphatic rings. The lowest BCUT2D eigenvalue weighted by Gasteiger charge is -2.08. The Kier molecular flexibility index (Phi) is 4.04. The van der Waals surface area contributed by atoms with E-state index in [-0.39, 0.29) is 5.82 Å². The van der Waals surface area contributed by atoms with Crippen molar-refractivity contribution < 1.29 is 4.39 Å². The molecule has 5 heteroatoms. The van der Waals surface area contributed by atoms with Crippen LogP contribution in [-0.2, 0) is 5.75 Å². The SMILES string of the molecule is Cc1nc(SCc2ccc(F)cc2N)nc(C)c1C. The first-order chi connectivity index (χ1) is 8.97. The zero-order valence-electron chi connectivity index (χ0n) is 11.2. The summed E-state index contributed by atoms with van der Waals surface area (Å²) in [6, 6.07) is 4.45. The van der Waals surface area contributed by atoms with E-state index < -0.39 is 0 Å². The van der Waals surface area contributed by atoms with Crippen LogP contribution in [-0.4, -0.2) is 9.97 Å². The number of aromatic nitrogens is 2. The molecule has 0 spiro atoms. The minimum absolute atomic E-state index is 0.315. The van der Waals surface area contributed by atoms with Crippen LogP contribution in [0.25, 0.3) is 0 Å². The van der Waals surface area contributed by atoms with Crippen LogP contribution in [0, 0.1) is 26.6 Å². The molecule has 3 nitrogen and oxygen atoms in total. The zero-order chi connectivity index (χ0) is 14.0. The maximum absolute atomic E-state index is 12.9. The molecule has 19 heavy (non-hydrogen) atoms. The van der Waals surface area contributed by atoms with E-state index in [2.05, 4.69) is 9.97 Å². The Hall–Kier alpha value is -1.62. The van der Waals surface area contributed by atoms with Gasteiger partial charge in [0.1, 0.15) is 5.82 Å². The zero-order valence-corrected chi connectivity index (χ0v) is 12.0. The average molecular weight is 277 g/mol. The average Bonchev–Trinajstić information content (AvgIpc) is 2.34. The fourth-order valence-electron chi connectivity index (χ4n) is 1.65. The van der Waals surface area contributed by atoms with Crippen LogP contribution in [0.5, 0.6) is 0 Å². The molecule has 0 atom stereocenters. The molecule has 0 saturated carbocycles. The van der Waals surface area contributed by atoms with E-state index in [1.165, 1.54) is 23.9 Å². The molecule has 0 aliphatic carbocycles. The third kappa shape index (κ3) is 3.23. The van der Waals surface area contributed by atoms with Gasteiger partial charge in [-0.15, -0.1) is 0 Å². The van der Waals surface area contributed by atoms with Crippen molar-refractivity contribution in [2.24, 2.45) is 0 Å². The highest BCUT2D eigenvalue weighted by molar-refractivity contribution is 7.98. The van der Waals surface area contributed by atoms with E-state index in [1.54, 1.807) is 6.07 Å². The van der Waals surface area contributed by atoms with Gasteiger partial charge in [0.15, 0.2) is 5.16 Å². The molecule has 2 aromatic rings. The summed E-state index contributed by atoms with van der Waals surface area (Å²) in [5, 5.41) is 0.726. The first-order valence-electron chi connectivity index (χ1n) is 5.96. The highest BCUT2D eigenvalue weighted by Crippen LogP contribution is 2.24. The van der Waals surface area contributed by atoms with E-state index in [4.69, 9.17) is 5.73 Å². The highest BCUT2D eigenvalue weighted by Gasteiger charge is 2.07. The second-order valence-corrected chi connectivity index (χ2v) is 5.38. The summed E-state index contributed by atoms with van der Waals surface area (Å²) >= 11 is 1.51. The molecule has 0 amide bonds. The van der Waals surface area contributed by atoms with Crippen molar-refractivity contribution in [2.75, 3.05) is 5.73 Å². The van der Waals surface area contributed by atoms with E-state index in [9.17, 15) is 4.39 Å². The Morgan fingerprint density at radius 2 is 1.79 bits per heavy atom. The van der Waals surface area contributed by atoms with Crippen LogP contribution < -0.4 is 5.73 Å². The van der Waals surface area contributed by atoms with Gasteiger partial charge in [-0.05, 0) is 44.0 Å². The maximum Gasteiger partial charge on any atom is 0.188 e. The van der Waals surface area contributed by atoms with Crippen molar-refractivity contribution in [2.45, 2.75) is 31.7 Å². The van der Waals surface area contributed by atoms with E-state index >= 15 is 0 Å². The quantitative estimate of drug-likeness (QED) is 0.530. The van der Waals surface area contributed by atoms with Crippen LogP contribution in [0.15, 0.2) is 23.4 Å². The molecule has 1 heterocycles. The predicted molar refractivity (Wildman–Crippen MR) is 76.6 cm³/mol. The normalized spacial score (nSPS) is 10.7. The van der Waals surface area contributed by atoms with Gasteiger partial charge in [0, 0.05) is 22.8 Å². The van der Waals surface area contributed by atoms with Crippen LogP contribution in [0.3, 0.4) is 0 Å². The lowest BCUT2D eigenvalue weighted by molar-refractivity contribution is 0.628. The van der Waals surface area contributed by atoms with Gasteiger partial charge in [-0.1, -0.05) is 17.8 Å². The first-order valence-corrected chi connectivity index (χ1v) is 6.94. The van der Waals surface area contributed by atoms with Gasteiger partial charge < -0.3 is 5.73 Å². The second kappa shape index (κ2) is 5.57. The molecule has 0 saturated heterocycles. The van der Waals surface area contributed by atoms with E-state index in [0.29, 0.717) is 11.4 Å². The van der Waals surface area contributed by atoms with Gasteiger partial charge in [0.2, 0.25) is 0 Å². The summed E-state index contributed by atoms with van der Waals surface area (Å²) in [7, 11) is 0. The summed E-state index contributed by atoms with van der Waals surface area (Å²) in [6.07, 6.45) is 0.